The molecule has 1 heterocycles. The second kappa shape index (κ2) is 6.92. The summed E-state index contributed by atoms with van der Waals surface area (Å²) in [7, 11) is 0. The standard InChI is InChI=1S/C19H19ClO5/c1-10-6-12-7-11(12)4-2-3-5-13(21)8-14-17(19(24)25-10)15(22)9-16(23)18(14)20/h2-5,9-12,22-23H,6-8H2,1H3/b4-2+,5-3+. The molecule has 1 fully saturated rings. The van der Waals surface area contributed by atoms with Crippen LogP contribution in [0.4, 0.5) is 0 Å². The maximum atomic E-state index is 12.5. The largest absolute Gasteiger partial charge is 0.507 e. The molecule has 1 aliphatic carbocycles. The molecule has 3 unspecified atom stereocenters. The van der Waals surface area contributed by atoms with E-state index in [4.69, 9.17) is 16.3 Å². The molecule has 5 nitrogen and oxygen atoms in total. The summed E-state index contributed by atoms with van der Waals surface area (Å²) in [5.41, 5.74) is -0.104. The van der Waals surface area contributed by atoms with E-state index in [1.807, 2.05) is 12.2 Å². The Morgan fingerprint density at radius 1 is 1.16 bits per heavy atom. The Balaban J connectivity index is 2.01. The van der Waals surface area contributed by atoms with Crippen LogP contribution in [-0.2, 0) is 16.0 Å². The average Bonchev–Trinajstić information content (AvgIpc) is 3.25. The lowest BCUT2D eigenvalue weighted by atomic mass is 10.00. The molecule has 2 aliphatic rings. The number of halogens is 1. The third kappa shape index (κ3) is 3.87. The molecule has 132 valence electrons. The van der Waals surface area contributed by atoms with Crippen molar-refractivity contribution in [2.24, 2.45) is 11.8 Å². The number of rotatable bonds is 0. The summed E-state index contributed by atoms with van der Waals surface area (Å²) in [4.78, 5) is 24.7. The third-order valence-corrected chi connectivity index (χ3v) is 4.97. The fraction of sp³-hybridized carbons (Fsp3) is 0.368. The first-order chi connectivity index (χ1) is 11.9. The van der Waals surface area contributed by atoms with Crippen molar-refractivity contribution in [3.05, 3.63) is 46.5 Å². The first-order valence-electron chi connectivity index (χ1n) is 8.18. The van der Waals surface area contributed by atoms with Gasteiger partial charge in [-0.25, -0.2) is 4.79 Å². The first-order valence-corrected chi connectivity index (χ1v) is 8.56. The Bertz CT molecular complexity index is 781. The van der Waals surface area contributed by atoms with Crippen LogP contribution in [0.5, 0.6) is 11.5 Å². The summed E-state index contributed by atoms with van der Waals surface area (Å²) in [6.07, 6.45) is 8.13. The van der Waals surface area contributed by atoms with Crippen LogP contribution in [0.3, 0.4) is 0 Å². The molecule has 1 saturated carbocycles. The number of esters is 1. The Kier molecular flexibility index (Phi) is 4.86. The SMILES string of the molecule is CC1CC2CC2/C=C/C=C/C(=O)Cc2c(Cl)c(O)cc(O)c2C(=O)O1. The van der Waals surface area contributed by atoms with Gasteiger partial charge in [-0.2, -0.15) is 0 Å². The van der Waals surface area contributed by atoms with Gasteiger partial charge in [-0.3, -0.25) is 4.79 Å². The lowest BCUT2D eigenvalue weighted by Gasteiger charge is -2.17. The monoisotopic (exact) mass is 362 g/mol. The molecule has 0 saturated heterocycles. The number of aromatic hydroxyl groups is 2. The van der Waals surface area contributed by atoms with Gasteiger partial charge in [0.25, 0.3) is 0 Å². The van der Waals surface area contributed by atoms with Crippen LogP contribution in [0.1, 0.15) is 35.7 Å². The van der Waals surface area contributed by atoms with Gasteiger partial charge in [-0.05, 0) is 37.7 Å². The van der Waals surface area contributed by atoms with Crippen molar-refractivity contribution in [3.63, 3.8) is 0 Å². The zero-order chi connectivity index (χ0) is 18.1. The molecule has 0 spiro atoms. The van der Waals surface area contributed by atoms with Gasteiger partial charge < -0.3 is 14.9 Å². The van der Waals surface area contributed by atoms with Crippen molar-refractivity contribution in [1.29, 1.82) is 0 Å². The van der Waals surface area contributed by atoms with E-state index >= 15 is 0 Å². The Labute approximate surface area is 150 Å². The number of carbonyl (C=O) groups excluding carboxylic acids is 2. The van der Waals surface area contributed by atoms with Crippen LogP contribution in [0.15, 0.2) is 30.4 Å². The molecule has 25 heavy (non-hydrogen) atoms. The lowest BCUT2D eigenvalue weighted by molar-refractivity contribution is -0.114. The predicted octanol–water partition coefficient (Wildman–Crippen LogP) is 3.56. The second-order valence-corrected chi connectivity index (χ2v) is 6.96. The Morgan fingerprint density at radius 2 is 1.92 bits per heavy atom. The molecule has 0 amide bonds. The number of hydrogen-bond acceptors (Lipinski definition) is 5. The van der Waals surface area contributed by atoms with Crippen LogP contribution in [0.25, 0.3) is 0 Å². The van der Waals surface area contributed by atoms with Crippen LogP contribution < -0.4 is 0 Å². The minimum Gasteiger partial charge on any atom is -0.507 e. The van der Waals surface area contributed by atoms with Gasteiger partial charge >= 0.3 is 5.97 Å². The molecule has 1 aromatic rings. The molecule has 0 aromatic heterocycles. The number of ether oxygens (including phenoxy) is 1. The number of benzene rings is 1. The predicted molar refractivity (Wildman–Crippen MR) is 92.9 cm³/mol. The molecule has 1 aliphatic heterocycles. The minimum atomic E-state index is -0.747. The van der Waals surface area contributed by atoms with Gasteiger partial charge in [0, 0.05) is 18.1 Å². The zero-order valence-corrected chi connectivity index (χ0v) is 14.5. The minimum absolute atomic E-state index is 0.0661. The Hall–Kier alpha value is -2.27. The van der Waals surface area contributed by atoms with Gasteiger partial charge in [0.05, 0.1) is 11.1 Å². The van der Waals surface area contributed by atoms with Crippen molar-refractivity contribution in [1.82, 2.24) is 0 Å². The second-order valence-electron chi connectivity index (χ2n) is 6.58. The molecule has 6 heteroatoms. The molecule has 0 bridgehead atoms. The highest BCUT2D eigenvalue weighted by Crippen LogP contribution is 2.44. The number of fused-ring (bicyclic) bond motifs is 2. The normalized spacial score (nSPS) is 29.0. The molecule has 1 aromatic carbocycles. The van der Waals surface area contributed by atoms with Crippen LogP contribution in [0.2, 0.25) is 5.02 Å². The fourth-order valence-corrected chi connectivity index (χ4v) is 3.39. The van der Waals surface area contributed by atoms with E-state index in [1.165, 1.54) is 6.08 Å². The highest BCUT2D eigenvalue weighted by Gasteiger charge is 2.36. The van der Waals surface area contributed by atoms with E-state index in [0.29, 0.717) is 11.8 Å². The van der Waals surface area contributed by atoms with Gasteiger partial charge in [-0.1, -0.05) is 29.8 Å². The molecular weight excluding hydrogens is 344 g/mol. The zero-order valence-electron chi connectivity index (χ0n) is 13.7. The number of ketones is 1. The molecule has 3 rings (SSSR count). The highest BCUT2D eigenvalue weighted by atomic mass is 35.5. The summed E-state index contributed by atoms with van der Waals surface area (Å²) < 4.78 is 5.44. The molecule has 0 radical (unpaired) electrons. The van der Waals surface area contributed by atoms with Gasteiger partial charge in [0.15, 0.2) is 5.78 Å². The Morgan fingerprint density at radius 3 is 2.68 bits per heavy atom. The quantitative estimate of drug-likeness (QED) is 0.689. The van der Waals surface area contributed by atoms with Crippen molar-refractivity contribution in [2.45, 2.75) is 32.3 Å². The fourth-order valence-electron chi connectivity index (χ4n) is 3.17. The average molecular weight is 363 g/mol. The van der Waals surface area contributed by atoms with Crippen LogP contribution in [0, 0.1) is 11.8 Å². The summed E-state index contributed by atoms with van der Waals surface area (Å²) in [6.45, 7) is 1.80. The van der Waals surface area contributed by atoms with Crippen molar-refractivity contribution < 1.29 is 24.5 Å². The number of phenols is 2. The van der Waals surface area contributed by atoms with E-state index in [0.717, 1.165) is 18.9 Å². The summed E-state index contributed by atoms with van der Waals surface area (Å²) in [5, 5.41) is 19.8. The molecule has 3 atom stereocenters. The van der Waals surface area contributed by atoms with E-state index in [1.54, 1.807) is 13.0 Å². The molecule has 2 N–H and O–H groups in total. The van der Waals surface area contributed by atoms with Crippen molar-refractivity contribution in [3.8, 4) is 11.5 Å². The summed E-state index contributed by atoms with van der Waals surface area (Å²) in [6, 6.07) is 0.982. The number of carbonyl (C=O) groups is 2. The van der Waals surface area contributed by atoms with Crippen LogP contribution >= 0.6 is 11.6 Å². The van der Waals surface area contributed by atoms with Crippen LogP contribution in [-0.4, -0.2) is 28.1 Å². The number of hydrogen-bond donors (Lipinski definition) is 2. The highest BCUT2D eigenvalue weighted by molar-refractivity contribution is 6.33. The van der Waals surface area contributed by atoms with E-state index in [2.05, 4.69) is 0 Å². The first kappa shape index (κ1) is 17.5. The summed E-state index contributed by atoms with van der Waals surface area (Å²) in [5.74, 6) is -1.01. The maximum Gasteiger partial charge on any atom is 0.342 e. The number of cyclic esters (lactones) is 1. The smallest absolute Gasteiger partial charge is 0.342 e. The maximum absolute atomic E-state index is 12.5. The topological polar surface area (TPSA) is 83.8 Å². The van der Waals surface area contributed by atoms with Crippen molar-refractivity contribution in [2.75, 3.05) is 0 Å². The summed E-state index contributed by atoms with van der Waals surface area (Å²) >= 11 is 6.07. The molecular formula is C19H19ClO5. The van der Waals surface area contributed by atoms with E-state index in [9.17, 15) is 19.8 Å². The van der Waals surface area contributed by atoms with Crippen molar-refractivity contribution >= 4 is 23.4 Å². The van der Waals surface area contributed by atoms with Gasteiger partial charge in [-0.15, -0.1) is 0 Å². The van der Waals surface area contributed by atoms with Gasteiger partial charge in [0.2, 0.25) is 0 Å². The number of allylic oxidation sites excluding steroid dienone is 4. The number of phenolic OH excluding ortho intramolecular Hbond substituents is 2. The van der Waals surface area contributed by atoms with E-state index in [-0.39, 0.29) is 34.5 Å². The third-order valence-electron chi connectivity index (χ3n) is 4.55. The lowest BCUT2D eigenvalue weighted by Crippen LogP contribution is -2.18. The van der Waals surface area contributed by atoms with Gasteiger partial charge in [0.1, 0.15) is 17.1 Å². The van der Waals surface area contributed by atoms with E-state index < -0.39 is 17.5 Å².